The van der Waals surface area contributed by atoms with Gasteiger partial charge in [-0.1, -0.05) is 6.92 Å². The fourth-order valence-electron chi connectivity index (χ4n) is 0.360. The molecule has 0 radical (unpaired) electrons. The van der Waals surface area contributed by atoms with Gasteiger partial charge >= 0.3 is 0 Å². The van der Waals surface area contributed by atoms with Crippen LogP contribution in [0.4, 0.5) is 0 Å². The minimum atomic E-state index is -1.37. The zero-order chi connectivity index (χ0) is 6.57. The molecule has 0 saturated heterocycles. The van der Waals surface area contributed by atoms with Crippen LogP contribution in [0.15, 0.2) is 0 Å². The number of hydrogen-bond donors (Lipinski definition) is 0. The lowest BCUT2D eigenvalue weighted by molar-refractivity contribution is 1.43. The van der Waals surface area contributed by atoms with Gasteiger partial charge in [0.15, 0.2) is 0 Å². The fraction of sp³-hybridized carbons (Fsp3) is 1.00. The van der Waals surface area contributed by atoms with Crippen LogP contribution in [-0.4, -0.2) is 15.5 Å². The van der Waals surface area contributed by atoms with Crippen molar-refractivity contribution in [3.63, 3.8) is 0 Å². The van der Waals surface area contributed by atoms with E-state index in [4.69, 9.17) is 33.2 Å². The highest BCUT2D eigenvalue weighted by molar-refractivity contribution is 7.37. The Hall–Kier alpha value is 1.30. The molecule has 0 fully saturated rings. The average molecular weight is 208 g/mol. The Balaban J connectivity index is 3.10. The topological polar surface area (TPSA) is 0 Å². The van der Waals surface area contributed by atoms with Gasteiger partial charge in [0.2, 0.25) is 7.42 Å². The summed E-state index contributed by atoms with van der Waals surface area (Å²) in [5.41, 5.74) is 0.959. The van der Waals surface area contributed by atoms with Gasteiger partial charge in [0.1, 0.15) is 8.11 Å². The van der Waals surface area contributed by atoms with E-state index in [-0.39, 0.29) is 0 Å². The zero-order valence-electron chi connectivity index (χ0n) is 4.70. The SMILES string of the molecule is CC[SiH](Cl)C[SiH](Cl)Cl. The summed E-state index contributed by atoms with van der Waals surface area (Å²) in [4.78, 5) is 0. The summed E-state index contributed by atoms with van der Waals surface area (Å²) >= 11 is 17.1. The lowest BCUT2D eigenvalue weighted by Crippen LogP contribution is -2.08. The summed E-state index contributed by atoms with van der Waals surface area (Å²) in [5, 5.41) is 0. The van der Waals surface area contributed by atoms with Crippen LogP contribution >= 0.6 is 33.2 Å². The van der Waals surface area contributed by atoms with E-state index in [1.54, 1.807) is 0 Å². The fourth-order valence-corrected chi connectivity index (χ4v) is 10.4. The van der Waals surface area contributed by atoms with Crippen LogP contribution in [-0.2, 0) is 0 Å². The summed E-state index contributed by atoms with van der Waals surface area (Å²) in [5.74, 6) is 0. The van der Waals surface area contributed by atoms with Crippen molar-refractivity contribution in [2.75, 3.05) is 0 Å². The van der Waals surface area contributed by atoms with E-state index < -0.39 is 15.5 Å². The van der Waals surface area contributed by atoms with Crippen LogP contribution in [0.2, 0.25) is 11.7 Å². The molecule has 0 nitrogen and oxygen atoms in total. The quantitative estimate of drug-likeness (QED) is 0.492. The van der Waals surface area contributed by atoms with E-state index in [0.717, 1.165) is 11.7 Å². The predicted molar refractivity (Wildman–Crippen MR) is 47.1 cm³/mol. The van der Waals surface area contributed by atoms with Gasteiger partial charge in [0, 0.05) is 0 Å². The van der Waals surface area contributed by atoms with Gasteiger partial charge in [-0.05, 0) is 11.7 Å². The van der Waals surface area contributed by atoms with Crippen LogP contribution in [0.5, 0.6) is 0 Å². The Morgan fingerprint density at radius 2 is 1.75 bits per heavy atom. The van der Waals surface area contributed by atoms with Crippen molar-refractivity contribution in [1.29, 1.82) is 0 Å². The maximum Gasteiger partial charge on any atom is 0.235 e. The second-order valence-electron chi connectivity index (χ2n) is 1.63. The first-order valence-corrected chi connectivity index (χ1v) is 10.3. The normalized spacial score (nSPS) is 14.6. The van der Waals surface area contributed by atoms with Gasteiger partial charge in [-0.15, -0.1) is 0 Å². The second-order valence-corrected chi connectivity index (χ2v) is 12.0. The number of hydrogen-bond acceptors (Lipinski definition) is 0. The molecule has 5 heteroatoms. The minimum Gasteiger partial charge on any atom is -0.172 e. The molecule has 0 aliphatic rings. The van der Waals surface area contributed by atoms with E-state index in [2.05, 4.69) is 6.92 Å². The summed E-state index contributed by atoms with van der Waals surface area (Å²) in [6.07, 6.45) is 0. The molecule has 0 aromatic carbocycles. The highest BCUT2D eigenvalue weighted by atomic mass is 35.7. The van der Waals surface area contributed by atoms with Gasteiger partial charge in [0.05, 0.1) is 0 Å². The van der Waals surface area contributed by atoms with E-state index in [1.807, 2.05) is 0 Å². The molecule has 0 heterocycles. The third-order valence-electron chi connectivity index (χ3n) is 0.877. The smallest absolute Gasteiger partial charge is 0.172 e. The predicted octanol–water partition coefficient (Wildman–Crippen LogP) is 2.21. The molecular weight excluding hydrogens is 199 g/mol. The van der Waals surface area contributed by atoms with Gasteiger partial charge in [-0.3, -0.25) is 0 Å². The summed E-state index contributed by atoms with van der Waals surface area (Å²) in [7, 11) is -2.34. The molecule has 1 atom stereocenters. The van der Waals surface area contributed by atoms with Crippen molar-refractivity contribution in [3.05, 3.63) is 0 Å². The lowest BCUT2D eigenvalue weighted by atomic mass is 11.0. The van der Waals surface area contributed by atoms with Crippen LogP contribution in [0.3, 0.4) is 0 Å². The Bertz CT molecular complexity index is 58.5. The first-order chi connectivity index (χ1) is 3.66. The van der Waals surface area contributed by atoms with E-state index in [1.165, 1.54) is 0 Å². The van der Waals surface area contributed by atoms with Crippen LogP contribution < -0.4 is 0 Å². The Kier molecular flexibility index (Phi) is 5.95. The van der Waals surface area contributed by atoms with E-state index >= 15 is 0 Å². The third kappa shape index (κ3) is 5.44. The molecule has 0 N–H and O–H groups in total. The maximum absolute atomic E-state index is 5.86. The van der Waals surface area contributed by atoms with E-state index in [9.17, 15) is 0 Å². The summed E-state index contributed by atoms with van der Waals surface area (Å²) in [6, 6.07) is 1.10. The molecule has 0 saturated carbocycles. The number of halogens is 3. The van der Waals surface area contributed by atoms with Gasteiger partial charge in [0.25, 0.3) is 0 Å². The molecule has 0 rings (SSSR count). The molecule has 0 aliphatic heterocycles. The van der Waals surface area contributed by atoms with Crippen molar-refractivity contribution in [2.24, 2.45) is 0 Å². The maximum atomic E-state index is 5.86. The molecular formula is C3H9Cl3Si2. The van der Waals surface area contributed by atoms with Gasteiger partial charge in [-0.2, -0.15) is 33.2 Å². The molecule has 0 aromatic rings. The standard InChI is InChI=1S/C3H9Cl3Si2/c1-2-7(4)3-8(5)6/h7-8H,2-3H2,1H3. The van der Waals surface area contributed by atoms with Crippen molar-refractivity contribution in [2.45, 2.75) is 18.6 Å². The second kappa shape index (κ2) is 5.12. The summed E-state index contributed by atoms with van der Waals surface area (Å²) < 4.78 is 0. The third-order valence-corrected chi connectivity index (χ3v) is 11.0. The lowest BCUT2D eigenvalue weighted by Gasteiger charge is -2.00. The average Bonchev–Trinajstić information content (AvgIpc) is 1.65. The molecule has 0 spiro atoms. The molecule has 1 unspecified atom stereocenters. The van der Waals surface area contributed by atoms with Crippen molar-refractivity contribution in [1.82, 2.24) is 0 Å². The molecule has 0 aliphatic carbocycles. The summed E-state index contributed by atoms with van der Waals surface area (Å²) in [6.45, 7) is 2.09. The molecule has 0 aromatic heterocycles. The Labute approximate surface area is 67.5 Å². The molecule has 0 bridgehead atoms. The first kappa shape index (κ1) is 9.30. The molecule has 50 valence electrons. The monoisotopic (exact) mass is 206 g/mol. The minimum absolute atomic E-state index is 0.959. The van der Waals surface area contributed by atoms with Gasteiger partial charge in [-0.25, -0.2) is 0 Å². The Morgan fingerprint density at radius 3 is 1.88 bits per heavy atom. The van der Waals surface area contributed by atoms with Crippen molar-refractivity contribution >= 4 is 48.8 Å². The van der Waals surface area contributed by atoms with Crippen LogP contribution in [0, 0.1) is 0 Å². The van der Waals surface area contributed by atoms with Crippen LogP contribution in [0.1, 0.15) is 6.92 Å². The van der Waals surface area contributed by atoms with Crippen molar-refractivity contribution in [3.8, 4) is 0 Å². The molecule has 8 heavy (non-hydrogen) atoms. The number of rotatable bonds is 3. The van der Waals surface area contributed by atoms with E-state index in [0.29, 0.717) is 0 Å². The molecule has 0 amide bonds. The largest absolute Gasteiger partial charge is 0.235 e. The highest BCUT2D eigenvalue weighted by Gasteiger charge is 2.10. The highest BCUT2D eigenvalue weighted by Crippen LogP contribution is 2.11. The van der Waals surface area contributed by atoms with Crippen molar-refractivity contribution < 1.29 is 0 Å². The van der Waals surface area contributed by atoms with Crippen LogP contribution in [0.25, 0.3) is 0 Å². The first-order valence-electron chi connectivity index (χ1n) is 2.59. The Morgan fingerprint density at radius 1 is 1.25 bits per heavy atom. The zero-order valence-corrected chi connectivity index (χ0v) is 9.28. The van der Waals surface area contributed by atoms with Gasteiger partial charge < -0.3 is 0 Å².